The van der Waals surface area contributed by atoms with E-state index in [9.17, 15) is 26.7 Å². The topological polar surface area (TPSA) is 37.3 Å². The minimum absolute atomic E-state index is 0.823. The van der Waals surface area contributed by atoms with Crippen molar-refractivity contribution in [1.82, 2.24) is 0 Å². The summed E-state index contributed by atoms with van der Waals surface area (Å²) >= 11 is 0. The molecule has 0 spiro atoms. The highest BCUT2D eigenvalue weighted by Crippen LogP contribution is 2.59. The first-order valence-corrected chi connectivity index (χ1v) is 5.62. The van der Waals surface area contributed by atoms with Crippen LogP contribution in [0.15, 0.2) is 0 Å². The third kappa shape index (κ3) is 2.31. The summed E-state index contributed by atoms with van der Waals surface area (Å²) in [6, 6.07) is 0. The second kappa shape index (κ2) is 4.31. The summed E-state index contributed by atoms with van der Waals surface area (Å²) in [5.41, 5.74) is -13.0. The molecule has 0 aliphatic rings. The summed E-state index contributed by atoms with van der Waals surface area (Å²) < 4.78 is 68.8. The molecule has 0 fully saturated rings. The molecule has 0 rings (SSSR count). The van der Waals surface area contributed by atoms with Gasteiger partial charge in [0.05, 0.1) is 0 Å². The minimum Gasteiger partial charge on any atom is -0.479 e. The van der Waals surface area contributed by atoms with E-state index in [1.807, 2.05) is 0 Å². The Labute approximate surface area is 109 Å². The van der Waals surface area contributed by atoms with E-state index in [4.69, 9.17) is 5.11 Å². The van der Waals surface area contributed by atoms with Crippen LogP contribution in [0, 0.1) is 10.8 Å². The number of aliphatic carboxylic acids is 1. The first-order chi connectivity index (χ1) is 7.94. The summed E-state index contributed by atoms with van der Waals surface area (Å²) in [5, 5.41) is 8.92. The fourth-order valence-corrected chi connectivity index (χ4v) is 2.12. The van der Waals surface area contributed by atoms with Crippen LogP contribution in [0.3, 0.4) is 0 Å². The molecule has 0 heterocycles. The second-order valence-corrected chi connectivity index (χ2v) is 6.62. The number of halogens is 5. The van der Waals surface area contributed by atoms with Crippen molar-refractivity contribution >= 4 is 5.97 Å². The standard InChI is InChI=1S/C12H19F5O2/c1-8(2,3)10(13,7(18)19)11(14,9(4,5)6)12(15,16)17/h1-6H3,(H,18,19). The van der Waals surface area contributed by atoms with E-state index in [0.29, 0.717) is 0 Å². The summed E-state index contributed by atoms with van der Waals surface area (Å²) in [6.07, 6.45) is -5.66. The monoisotopic (exact) mass is 290 g/mol. The van der Waals surface area contributed by atoms with E-state index in [-0.39, 0.29) is 0 Å². The van der Waals surface area contributed by atoms with Crippen LogP contribution in [0.4, 0.5) is 22.0 Å². The van der Waals surface area contributed by atoms with E-state index in [1.54, 1.807) is 0 Å². The minimum atomic E-state index is -5.66. The van der Waals surface area contributed by atoms with E-state index in [2.05, 4.69) is 0 Å². The van der Waals surface area contributed by atoms with Crippen LogP contribution in [0.2, 0.25) is 0 Å². The molecule has 0 aliphatic carbocycles. The molecule has 2 nitrogen and oxygen atoms in total. The van der Waals surface area contributed by atoms with Crippen LogP contribution in [0.1, 0.15) is 41.5 Å². The van der Waals surface area contributed by atoms with E-state index in [0.717, 1.165) is 41.5 Å². The molecule has 0 saturated heterocycles. The second-order valence-electron chi connectivity index (χ2n) is 6.62. The summed E-state index contributed by atoms with van der Waals surface area (Å²) in [7, 11) is 0. The van der Waals surface area contributed by atoms with Crippen molar-refractivity contribution in [2.75, 3.05) is 0 Å². The zero-order chi connectivity index (χ0) is 16.1. The number of carboxylic acid groups (broad SMARTS) is 1. The van der Waals surface area contributed by atoms with Gasteiger partial charge in [-0.25, -0.2) is 13.6 Å². The lowest BCUT2D eigenvalue weighted by atomic mass is 9.59. The normalized spacial score (nSPS) is 20.6. The zero-order valence-corrected chi connectivity index (χ0v) is 11.7. The Kier molecular flexibility index (Phi) is 4.11. The van der Waals surface area contributed by atoms with Crippen LogP contribution in [0.25, 0.3) is 0 Å². The van der Waals surface area contributed by atoms with Gasteiger partial charge in [0.15, 0.2) is 0 Å². The highest BCUT2D eigenvalue weighted by molar-refractivity contribution is 5.81. The van der Waals surface area contributed by atoms with Crippen LogP contribution in [-0.2, 0) is 4.79 Å². The predicted molar refractivity (Wildman–Crippen MR) is 60.3 cm³/mol. The number of alkyl halides is 5. The molecule has 2 atom stereocenters. The molecule has 1 N–H and O–H groups in total. The zero-order valence-electron chi connectivity index (χ0n) is 11.7. The molecule has 19 heavy (non-hydrogen) atoms. The number of carbonyl (C=O) groups is 1. The van der Waals surface area contributed by atoms with Gasteiger partial charge in [0.25, 0.3) is 11.3 Å². The Hall–Kier alpha value is -0.880. The molecule has 0 amide bonds. The Morgan fingerprint density at radius 2 is 1.11 bits per heavy atom. The van der Waals surface area contributed by atoms with Crippen molar-refractivity contribution in [2.24, 2.45) is 10.8 Å². The average molecular weight is 290 g/mol. The maximum Gasteiger partial charge on any atom is 0.426 e. The number of carboxylic acids is 1. The molecule has 0 radical (unpaired) electrons. The van der Waals surface area contributed by atoms with Gasteiger partial charge < -0.3 is 5.11 Å². The summed E-state index contributed by atoms with van der Waals surface area (Å²) in [5.74, 6) is -2.46. The van der Waals surface area contributed by atoms with Crippen molar-refractivity contribution in [3.8, 4) is 0 Å². The Morgan fingerprint density at radius 3 is 1.16 bits per heavy atom. The van der Waals surface area contributed by atoms with Gasteiger partial charge in [0.2, 0.25) is 0 Å². The Morgan fingerprint density at radius 1 is 0.789 bits per heavy atom. The SMILES string of the molecule is CC(C)(C)C(F)(C(=O)O)C(F)(C(C)(C)C)C(F)(F)F. The molecule has 2 unspecified atom stereocenters. The number of rotatable bonds is 2. The van der Waals surface area contributed by atoms with Gasteiger partial charge in [-0.3, -0.25) is 0 Å². The lowest BCUT2D eigenvalue weighted by Crippen LogP contribution is -2.72. The van der Waals surface area contributed by atoms with E-state index < -0.39 is 34.3 Å². The summed E-state index contributed by atoms with van der Waals surface area (Å²) in [4.78, 5) is 11.1. The van der Waals surface area contributed by atoms with E-state index >= 15 is 0 Å². The molecule has 0 aliphatic heterocycles. The van der Waals surface area contributed by atoms with Crippen LogP contribution < -0.4 is 0 Å². The van der Waals surface area contributed by atoms with Gasteiger partial charge in [-0.05, 0) is 0 Å². The van der Waals surface area contributed by atoms with Crippen molar-refractivity contribution in [3.63, 3.8) is 0 Å². The maximum absolute atomic E-state index is 14.8. The fourth-order valence-electron chi connectivity index (χ4n) is 2.12. The van der Waals surface area contributed by atoms with Gasteiger partial charge in [-0.1, -0.05) is 41.5 Å². The number of hydrogen-bond acceptors (Lipinski definition) is 1. The average Bonchev–Trinajstić information content (AvgIpc) is 2.09. The largest absolute Gasteiger partial charge is 0.479 e. The lowest BCUT2D eigenvalue weighted by molar-refractivity contribution is -0.319. The van der Waals surface area contributed by atoms with Crippen LogP contribution in [-0.4, -0.2) is 28.6 Å². The molecular formula is C12H19F5O2. The molecule has 114 valence electrons. The quantitative estimate of drug-likeness (QED) is 0.776. The third-order valence-electron chi connectivity index (χ3n) is 3.23. The van der Waals surface area contributed by atoms with Crippen LogP contribution in [0.5, 0.6) is 0 Å². The van der Waals surface area contributed by atoms with Gasteiger partial charge in [0.1, 0.15) is 0 Å². The van der Waals surface area contributed by atoms with Crippen molar-refractivity contribution in [2.45, 2.75) is 59.1 Å². The van der Waals surface area contributed by atoms with Gasteiger partial charge in [-0.15, -0.1) is 0 Å². The van der Waals surface area contributed by atoms with E-state index in [1.165, 1.54) is 0 Å². The molecular weight excluding hydrogens is 271 g/mol. The van der Waals surface area contributed by atoms with Gasteiger partial charge in [0, 0.05) is 10.8 Å². The third-order valence-corrected chi connectivity index (χ3v) is 3.23. The Balaban J connectivity index is 6.54. The first-order valence-electron chi connectivity index (χ1n) is 5.62. The first kappa shape index (κ1) is 18.1. The summed E-state index contributed by atoms with van der Waals surface area (Å²) in [6.45, 7) is 5.24. The predicted octanol–water partition coefficient (Wildman–Crippen LogP) is 4.14. The molecule has 0 saturated carbocycles. The highest BCUT2D eigenvalue weighted by Gasteiger charge is 2.80. The highest BCUT2D eigenvalue weighted by atomic mass is 19.4. The van der Waals surface area contributed by atoms with Crippen molar-refractivity contribution in [1.29, 1.82) is 0 Å². The number of hydrogen-bond donors (Lipinski definition) is 1. The molecule has 0 aromatic heterocycles. The van der Waals surface area contributed by atoms with Gasteiger partial charge in [-0.2, -0.15) is 13.2 Å². The van der Waals surface area contributed by atoms with Gasteiger partial charge >= 0.3 is 12.1 Å². The molecule has 7 heteroatoms. The fraction of sp³-hybridized carbons (Fsp3) is 0.917. The molecule has 0 aromatic carbocycles. The Bertz CT molecular complexity index is 348. The molecule has 0 bridgehead atoms. The van der Waals surface area contributed by atoms with Crippen molar-refractivity contribution in [3.05, 3.63) is 0 Å². The van der Waals surface area contributed by atoms with Crippen molar-refractivity contribution < 1.29 is 31.9 Å². The molecule has 0 aromatic rings. The smallest absolute Gasteiger partial charge is 0.426 e. The van der Waals surface area contributed by atoms with Crippen LogP contribution >= 0.6 is 0 Å². The maximum atomic E-state index is 14.8. The lowest BCUT2D eigenvalue weighted by Gasteiger charge is -2.50.